The van der Waals surface area contributed by atoms with Crippen LogP contribution in [0.3, 0.4) is 0 Å². The molecule has 0 saturated carbocycles. The Balaban J connectivity index is 1.39. The monoisotopic (exact) mass is 368 g/mol. The summed E-state index contributed by atoms with van der Waals surface area (Å²) in [5, 5.41) is 0. The van der Waals surface area contributed by atoms with Crippen LogP contribution in [-0.4, -0.2) is 32.3 Å². The number of rotatable bonds is 5. The first-order valence-corrected chi connectivity index (χ1v) is 9.94. The maximum atomic E-state index is 5.43. The van der Waals surface area contributed by atoms with Crippen molar-refractivity contribution in [2.75, 3.05) is 32.2 Å². The Kier molecular flexibility index (Phi) is 4.98. The molecule has 3 aromatic rings. The van der Waals surface area contributed by atoms with Crippen molar-refractivity contribution >= 4 is 27.2 Å². The predicted octanol–water partition coefficient (Wildman–Crippen LogP) is 4.77. The molecule has 5 heteroatoms. The van der Waals surface area contributed by atoms with Crippen LogP contribution in [0.2, 0.25) is 0 Å². The Morgan fingerprint density at radius 1 is 1.04 bits per heavy atom. The van der Waals surface area contributed by atoms with Gasteiger partial charge in [-0.15, -0.1) is 11.3 Å². The van der Waals surface area contributed by atoms with Crippen molar-refractivity contribution in [1.82, 2.24) is 4.98 Å². The van der Waals surface area contributed by atoms with E-state index in [1.54, 1.807) is 25.6 Å². The van der Waals surface area contributed by atoms with Crippen LogP contribution in [0.25, 0.3) is 10.2 Å². The van der Waals surface area contributed by atoms with Crippen molar-refractivity contribution in [1.29, 1.82) is 0 Å². The van der Waals surface area contributed by atoms with Crippen molar-refractivity contribution in [3.63, 3.8) is 0 Å². The maximum absolute atomic E-state index is 5.43. The normalized spacial score (nSPS) is 15.4. The van der Waals surface area contributed by atoms with E-state index in [1.165, 1.54) is 28.8 Å². The first kappa shape index (κ1) is 17.2. The van der Waals surface area contributed by atoms with E-state index in [4.69, 9.17) is 9.47 Å². The molecule has 1 aromatic heterocycles. The standard InChI is InChI=1S/C21H24N2O2S/c1-24-19-6-3-16(12-20(19)25-2)11-15-7-9-23(10-8-15)17-4-5-18-21(13-17)26-14-22-18/h3-6,12-15H,7-11H2,1-2H3. The Morgan fingerprint density at radius 2 is 1.85 bits per heavy atom. The van der Waals surface area contributed by atoms with Gasteiger partial charge in [-0.05, 0) is 61.1 Å². The second-order valence-electron chi connectivity index (χ2n) is 6.83. The maximum Gasteiger partial charge on any atom is 0.160 e. The summed E-state index contributed by atoms with van der Waals surface area (Å²) in [6.07, 6.45) is 3.53. The van der Waals surface area contributed by atoms with Crippen LogP contribution in [0.15, 0.2) is 41.9 Å². The van der Waals surface area contributed by atoms with Crippen molar-refractivity contribution < 1.29 is 9.47 Å². The highest BCUT2D eigenvalue weighted by atomic mass is 32.1. The summed E-state index contributed by atoms with van der Waals surface area (Å²) in [7, 11) is 3.37. The van der Waals surface area contributed by atoms with Gasteiger partial charge in [0, 0.05) is 18.8 Å². The molecule has 2 aromatic carbocycles. The van der Waals surface area contributed by atoms with Crippen LogP contribution in [0, 0.1) is 5.92 Å². The van der Waals surface area contributed by atoms with Gasteiger partial charge in [-0.3, -0.25) is 0 Å². The van der Waals surface area contributed by atoms with Gasteiger partial charge in [0.25, 0.3) is 0 Å². The second kappa shape index (κ2) is 7.54. The van der Waals surface area contributed by atoms with E-state index in [0.29, 0.717) is 0 Å². The van der Waals surface area contributed by atoms with Gasteiger partial charge in [0.2, 0.25) is 0 Å². The third kappa shape index (κ3) is 3.49. The fourth-order valence-corrected chi connectivity index (χ4v) is 4.49. The number of piperidine rings is 1. The lowest BCUT2D eigenvalue weighted by Crippen LogP contribution is -2.34. The molecule has 1 saturated heterocycles. The Morgan fingerprint density at radius 3 is 2.62 bits per heavy atom. The first-order valence-electron chi connectivity index (χ1n) is 9.06. The fourth-order valence-electron chi connectivity index (χ4n) is 3.78. The quantitative estimate of drug-likeness (QED) is 0.649. The van der Waals surface area contributed by atoms with E-state index in [2.05, 4.69) is 40.2 Å². The van der Waals surface area contributed by atoms with E-state index in [0.717, 1.165) is 42.4 Å². The average Bonchev–Trinajstić information content (AvgIpc) is 3.16. The summed E-state index contributed by atoms with van der Waals surface area (Å²) in [6, 6.07) is 12.9. The molecule has 2 heterocycles. The SMILES string of the molecule is COc1ccc(CC2CCN(c3ccc4ncsc4c3)CC2)cc1OC. The van der Waals surface area contributed by atoms with Gasteiger partial charge < -0.3 is 14.4 Å². The minimum Gasteiger partial charge on any atom is -0.493 e. The number of anilines is 1. The number of nitrogens with zero attached hydrogens (tertiary/aromatic N) is 2. The molecule has 0 N–H and O–H groups in total. The molecule has 4 rings (SSSR count). The molecular formula is C21H24N2O2S. The number of benzene rings is 2. The van der Waals surface area contributed by atoms with Crippen LogP contribution in [0.1, 0.15) is 18.4 Å². The van der Waals surface area contributed by atoms with Crippen LogP contribution in [0.5, 0.6) is 11.5 Å². The van der Waals surface area contributed by atoms with Gasteiger partial charge in [0.05, 0.1) is 29.9 Å². The molecular weight excluding hydrogens is 344 g/mol. The smallest absolute Gasteiger partial charge is 0.160 e. The lowest BCUT2D eigenvalue weighted by Gasteiger charge is -2.33. The van der Waals surface area contributed by atoms with Crippen molar-refractivity contribution in [2.24, 2.45) is 5.92 Å². The fraction of sp³-hybridized carbons (Fsp3) is 0.381. The zero-order chi connectivity index (χ0) is 17.9. The minimum absolute atomic E-state index is 0.719. The van der Waals surface area contributed by atoms with E-state index < -0.39 is 0 Å². The Labute approximate surface area is 158 Å². The van der Waals surface area contributed by atoms with E-state index in [9.17, 15) is 0 Å². The molecule has 1 aliphatic rings. The topological polar surface area (TPSA) is 34.6 Å². The molecule has 0 unspecified atom stereocenters. The minimum atomic E-state index is 0.719. The van der Waals surface area contributed by atoms with Gasteiger partial charge >= 0.3 is 0 Å². The van der Waals surface area contributed by atoms with Crippen LogP contribution < -0.4 is 14.4 Å². The molecule has 26 heavy (non-hydrogen) atoms. The molecule has 0 amide bonds. The summed E-state index contributed by atoms with van der Waals surface area (Å²) < 4.78 is 12.0. The lowest BCUT2D eigenvalue weighted by molar-refractivity contribution is 0.353. The van der Waals surface area contributed by atoms with Crippen LogP contribution in [0.4, 0.5) is 5.69 Å². The molecule has 0 atom stereocenters. The summed E-state index contributed by atoms with van der Waals surface area (Å²) in [6.45, 7) is 2.23. The largest absolute Gasteiger partial charge is 0.493 e. The molecule has 0 bridgehead atoms. The predicted molar refractivity (Wildman–Crippen MR) is 108 cm³/mol. The zero-order valence-corrected chi connectivity index (χ0v) is 16.1. The number of hydrogen-bond donors (Lipinski definition) is 0. The molecule has 1 aliphatic heterocycles. The zero-order valence-electron chi connectivity index (χ0n) is 15.3. The number of thiazole rings is 1. The number of hydrogen-bond acceptors (Lipinski definition) is 5. The van der Waals surface area contributed by atoms with Crippen LogP contribution in [-0.2, 0) is 6.42 Å². The molecule has 136 valence electrons. The van der Waals surface area contributed by atoms with Gasteiger partial charge in [0.1, 0.15) is 0 Å². The van der Waals surface area contributed by atoms with Crippen molar-refractivity contribution in [2.45, 2.75) is 19.3 Å². The van der Waals surface area contributed by atoms with Crippen molar-refractivity contribution in [3.05, 3.63) is 47.5 Å². The second-order valence-corrected chi connectivity index (χ2v) is 7.71. The number of methoxy groups -OCH3 is 2. The third-order valence-corrected chi connectivity index (χ3v) is 6.06. The highest BCUT2D eigenvalue weighted by molar-refractivity contribution is 7.16. The summed E-state index contributed by atoms with van der Waals surface area (Å²) >= 11 is 1.71. The lowest BCUT2D eigenvalue weighted by atomic mass is 9.90. The Hall–Kier alpha value is -2.27. The van der Waals surface area contributed by atoms with Gasteiger partial charge in [-0.2, -0.15) is 0 Å². The molecule has 1 fully saturated rings. The Bertz CT molecular complexity index is 885. The van der Waals surface area contributed by atoms with Gasteiger partial charge in [-0.25, -0.2) is 4.98 Å². The van der Waals surface area contributed by atoms with Gasteiger partial charge in [-0.1, -0.05) is 6.07 Å². The average molecular weight is 369 g/mol. The molecule has 0 aliphatic carbocycles. The molecule has 0 radical (unpaired) electrons. The number of aromatic nitrogens is 1. The van der Waals surface area contributed by atoms with E-state index >= 15 is 0 Å². The summed E-state index contributed by atoms with van der Waals surface area (Å²) in [5.41, 5.74) is 5.67. The number of ether oxygens (including phenoxy) is 2. The summed E-state index contributed by atoms with van der Waals surface area (Å²) in [5.74, 6) is 2.33. The highest BCUT2D eigenvalue weighted by Gasteiger charge is 2.20. The molecule has 0 spiro atoms. The summed E-state index contributed by atoms with van der Waals surface area (Å²) in [4.78, 5) is 6.88. The highest BCUT2D eigenvalue weighted by Crippen LogP contribution is 2.32. The number of fused-ring (bicyclic) bond motifs is 1. The molecule has 4 nitrogen and oxygen atoms in total. The van der Waals surface area contributed by atoms with E-state index in [-0.39, 0.29) is 0 Å². The first-order chi connectivity index (χ1) is 12.8. The van der Waals surface area contributed by atoms with Gasteiger partial charge in [0.15, 0.2) is 11.5 Å². The van der Waals surface area contributed by atoms with Crippen LogP contribution >= 0.6 is 11.3 Å². The third-order valence-electron chi connectivity index (χ3n) is 5.27. The van der Waals surface area contributed by atoms with Crippen molar-refractivity contribution in [3.8, 4) is 11.5 Å². The van der Waals surface area contributed by atoms with E-state index in [1.807, 2.05) is 11.6 Å².